The van der Waals surface area contributed by atoms with Crippen LogP contribution in [0.4, 0.5) is 5.69 Å². The zero-order valence-corrected chi connectivity index (χ0v) is 17.1. The van der Waals surface area contributed by atoms with Crippen LogP contribution in [0.3, 0.4) is 0 Å². The molecule has 28 heavy (non-hydrogen) atoms. The van der Waals surface area contributed by atoms with Gasteiger partial charge < -0.3 is 9.64 Å². The number of methoxy groups -OCH3 is 1. The topological polar surface area (TPSA) is 49.9 Å². The van der Waals surface area contributed by atoms with Gasteiger partial charge in [-0.15, -0.1) is 0 Å². The van der Waals surface area contributed by atoms with Gasteiger partial charge in [0.25, 0.3) is 0 Å². The van der Waals surface area contributed by atoms with E-state index in [1.807, 2.05) is 36.4 Å². The van der Waals surface area contributed by atoms with Gasteiger partial charge in [-0.3, -0.25) is 0 Å². The maximum Gasteiger partial charge on any atom is 0.243 e. The van der Waals surface area contributed by atoms with Gasteiger partial charge >= 0.3 is 0 Å². The molecule has 1 saturated heterocycles. The molecule has 0 spiro atoms. The Morgan fingerprint density at radius 2 is 1.50 bits per heavy atom. The number of rotatable bonds is 4. The van der Waals surface area contributed by atoms with Crippen molar-refractivity contribution in [3.05, 3.63) is 65.7 Å². The summed E-state index contributed by atoms with van der Waals surface area (Å²) in [4.78, 5) is 2.50. The Kier molecular flexibility index (Phi) is 5.19. The predicted octanol–water partition coefficient (Wildman–Crippen LogP) is 4.01. The Morgan fingerprint density at radius 3 is 2.18 bits per heavy atom. The van der Waals surface area contributed by atoms with Gasteiger partial charge in [0, 0.05) is 47.7 Å². The molecule has 5 nitrogen and oxygen atoms in total. The van der Waals surface area contributed by atoms with Crippen LogP contribution in [0.25, 0.3) is 10.8 Å². The van der Waals surface area contributed by atoms with E-state index in [0.29, 0.717) is 41.5 Å². The fourth-order valence-electron chi connectivity index (χ4n) is 3.59. The molecule has 3 aromatic rings. The second-order valence-electron chi connectivity index (χ2n) is 6.68. The van der Waals surface area contributed by atoms with E-state index in [0.717, 1.165) is 16.8 Å². The minimum absolute atomic E-state index is 0.311. The lowest BCUT2D eigenvalue weighted by Gasteiger charge is -2.35. The Balaban J connectivity index is 1.56. The van der Waals surface area contributed by atoms with Crippen LogP contribution in [0.1, 0.15) is 0 Å². The zero-order valence-electron chi connectivity index (χ0n) is 15.5. The highest BCUT2D eigenvalue weighted by atomic mass is 35.5. The van der Waals surface area contributed by atoms with E-state index in [9.17, 15) is 8.42 Å². The lowest BCUT2D eigenvalue weighted by molar-refractivity contribution is 0.385. The van der Waals surface area contributed by atoms with Crippen LogP contribution >= 0.6 is 11.6 Å². The van der Waals surface area contributed by atoms with Crippen LogP contribution in [0.2, 0.25) is 5.02 Å². The molecule has 146 valence electrons. The summed E-state index contributed by atoms with van der Waals surface area (Å²) in [5, 5.41) is 1.97. The monoisotopic (exact) mass is 416 g/mol. The van der Waals surface area contributed by atoms with Gasteiger partial charge in [-0.05, 0) is 36.4 Å². The predicted molar refractivity (Wildman–Crippen MR) is 113 cm³/mol. The molecule has 0 aliphatic carbocycles. The van der Waals surface area contributed by atoms with Gasteiger partial charge in [-0.1, -0.05) is 35.9 Å². The van der Waals surface area contributed by atoms with Crippen molar-refractivity contribution in [2.24, 2.45) is 0 Å². The van der Waals surface area contributed by atoms with Crippen LogP contribution in [-0.2, 0) is 10.0 Å². The van der Waals surface area contributed by atoms with Crippen LogP contribution < -0.4 is 9.64 Å². The average Bonchev–Trinajstić information content (AvgIpc) is 2.74. The number of nitrogens with zero attached hydrogens (tertiary/aromatic N) is 2. The number of anilines is 1. The van der Waals surface area contributed by atoms with Crippen molar-refractivity contribution in [3.8, 4) is 5.75 Å². The first-order valence-electron chi connectivity index (χ1n) is 9.07. The molecule has 0 bridgehead atoms. The smallest absolute Gasteiger partial charge is 0.243 e. The first kappa shape index (κ1) is 19.1. The second-order valence-corrected chi connectivity index (χ2v) is 8.99. The van der Waals surface area contributed by atoms with Gasteiger partial charge in [0.15, 0.2) is 0 Å². The maximum absolute atomic E-state index is 13.3. The van der Waals surface area contributed by atoms with Crippen molar-refractivity contribution in [3.63, 3.8) is 0 Å². The molecular weight excluding hydrogens is 396 g/mol. The summed E-state index contributed by atoms with van der Waals surface area (Å²) in [6.07, 6.45) is 0. The molecular formula is C21H21ClN2O3S. The number of halogens is 1. The quantitative estimate of drug-likeness (QED) is 0.644. The molecule has 4 rings (SSSR count). The third-order valence-electron chi connectivity index (χ3n) is 5.12. The van der Waals surface area contributed by atoms with Crippen molar-refractivity contribution in [1.29, 1.82) is 0 Å². The minimum Gasteiger partial charge on any atom is -0.497 e. The molecule has 0 radical (unpaired) electrons. The van der Waals surface area contributed by atoms with Crippen molar-refractivity contribution < 1.29 is 13.2 Å². The fourth-order valence-corrected chi connectivity index (χ4v) is 5.45. The summed E-state index contributed by atoms with van der Waals surface area (Å²) in [7, 11) is -1.96. The molecule has 3 aromatic carbocycles. The maximum atomic E-state index is 13.3. The molecule has 0 atom stereocenters. The van der Waals surface area contributed by atoms with Crippen molar-refractivity contribution in [2.75, 3.05) is 38.2 Å². The summed E-state index contributed by atoms with van der Waals surface area (Å²) in [5.41, 5.74) is 1.06. The SMILES string of the molecule is COc1ccc(N2CCN(S(=O)(=O)c3cccc4c(Cl)cccc34)CC2)cc1. The van der Waals surface area contributed by atoms with Crippen LogP contribution in [-0.4, -0.2) is 46.0 Å². The first-order valence-corrected chi connectivity index (χ1v) is 10.9. The second kappa shape index (κ2) is 7.62. The minimum atomic E-state index is -3.59. The molecule has 0 unspecified atom stereocenters. The molecule has 1 aliphatic heterocycles. The van der Waals surface area contributed by atoms with E-state index in [-0.39, 0.29) is 0 Å². The number of hydrogen-bond acceptors (Lipinski definition) is 4. The van der Waals surface area contributed by atoms with Gasteiger partial charge in [0.1, 0.15) is 5.75 Å². The first-order chi connectivity index (χ1) is 13.5. The fraction of sp³-hybridized carbons (Fsp3) is 0.238. The van der Waals surface area contributed by atoms with Gasteiger partial charge in [-0.2, -0.15) is 4.31 Å². The molecule has 1 heterocycles. The number of piperazine rings is 1. The molecule has 0 saturated carbocycles. The highest BCUT2D eigenvalue weighted by molar-refractivity contribution is 7.89. The molecule has 0 amide bonds. The van der Waals surface area contributed by atoms with E-state index in [1.54, 1.807) is 35.7 Å². The highest BCUT2D eigenvalue weighted by Gasteiger charge is 2.30. The van der Waals surface area contributed by atoms with Gasteiger partial charge in [0.05, 0.1) is 12.0 Å². The van der Waals surface area contributed by atoms with E-state index < -0.39 is 10.0 Å². The Hall–Kier alpha value is -2.28. The highest BCUT2D eigenvalue weighted by Crippen LogP contribution is 2.31. The van der Waals surface area contributed by atoms with E-state index >= 15 is 0 Å². The number of ether oxygens (including phenoxy) is 1. The normalized spacial score (nSPS) is 15.7. The summed E-state index contributed by atoms with van der Waals surface area (Å²) in [6, 6.07) is 18.4. The van der Waals surface area contributed by atoms with Crippen molar-refractivity contribution in [1.82, 2.24) is 4.31 Å². The number of sulfonamides is 1. The van der Waals surface area contributed by atoms with E-state index in [4.69, 9.17) is 16.3 Å². The summed E-state index contributed by atoms with van der Waals surface area (Å²) < 4.78 is 33.3. The van der Waals surface area contributed by atoms with E-state index in [2.05, 4.69) is 4.90 Å². The molecule has 0 N–H and O–H groups in total. The van der Waals surface area contributed by atoms with Gasteiger partial charge in [0.2, 0.25) is 10.0 Å². The average molecular weight is 417 g/mol. The Labute approximate surface area is 170 Å². The summed E-state index contributed by atoms with van der Waals surface area (Å²) >= 11 is 6.25. The van der Waals surface area contributed by atoms with Crippen molar-refractivity contribution >= 4 is 38.1 Å². The van der Waals surface area contributed by atoms with Crippen molar-refractivity contribution in [2.45, 2.75) is 4.90 Å². The molecule has 1 aliphatic rings. The Bertz CT molecular complexity index is 1090. The van der Waals surface area contributed by atoms with Crippen LogP contribution in [0, 0.1) is 0 Å². The number of fused-ring (bicyclic) bond motifs is 1. The molecule has 1 fully saturated rings. The number of hydrogen-bond donors (Lipinski definition) is 0. The lowest BCUT2D eigenvalue weighted by Crippen LogP contribution is -2.48. The van der Waals surface area contributed by atoms with Crippen LogP contribution in [0.15, 0.2) is 65.6 Å². The molecule has 7 heteroatoms. The Morgan fingerprint density at radius 1 is 0.857 bits per heavy atom. The number of benzene rings is 3. The zero-order chi connectivity index (χ0) is 19.7. The third-order valence-corrected chi connectivity index (χ3v) is 7.41. The third kappa shape index (κ3) is 3.43. The largest absolute Gasteiger partial charge is 0.497 e. The van der Waals surface area contributed by atoms with Gasteiger partial charge in [-0.25, -0.2) is 8.42 Å². The summed E-state index contributed by atoms with van der Waals surface area (Å²) in [6.45, 7) is 2.14. The molecule has 0 aromatic heterocycles. The van der Waals surface area contributed by atoms with E-state index in [1.165, 1.54) is 0 Å². The van der Waals surface area contributed by atoms with Crippen LogP contribution in [0.5, 0.6) is 5.75 Å². The standard InChI is InChI=1S/C21H21ClN2O3S/c1-27-17-10-8-16(9-11-17)23-12-14-24(15-13-23)28(25,26)21-7-3-4-18-19(21)5-2-6-20(18)22/h2-11H,12-15H2,1H3. The lowest BCUT2D eigenvalue weighted by atomic mass is 10.1. The summed E-state index contributed by atoms with van der Waals surface area (Å²) in [5.74, 6) is 0.805.